The minimum absolute atomic E-state index is 0.361. The van der Waals surface area contributed by atoms with Gasteiger partial charge < -0.3 is 4.90 Å². The Balaban J connectivity index is 1.77. The van der Waals surface area contributed by atoms with Gasteiger partial charge in [0.1, 0.15) is 11.6 Å². The first-order valence-electron chi connectivity index (χ1n) is 5.67. The third-order valence-electron chi connectivity index (χ3n) is 2.92. The van der Waals surface area contributed by atoms with E-state index in [1.165, 1.54) is 5.57 Å². The number of aryl methyl sites for hydroxylation is 1. The minimum Gasteiger partial charge on any atom is -0.315 e. The van der Waals surface area contributed by atoms with Crippen LogP contribution in [-0.4, -0.2) is 28.9 Å². The first kappa shape index (κ1) is 9.51. The van der Waals surface area contributed by atoms with Crippen LogP contribution in [0.3, 0.4) is 0 Å². The van der Waals surface area contributed by atoms with Crippen molar-refractivity contribution in [2.24, 2.45) is 4.99 Å². The Bertz CT molecular complexity index is 464. The van der Waals surface area contributed by atoms with Gasteiger partial charge in [-0.1, -0.05) is 13.0 Å². The zero-order chi connectivity index (χ0) is 11.0. The summed E-state index contributed by atoms with van der Waals surface area (Å²) in [4.78, 5) is 15.3. The van der Waals surface area contributed by atoms with Gasteiger partial charge in [-0.2, -0.15) is 0 Å². The number of nitrogens with zero attached hydrogens (tertiary/aromatic N) is 4. The number of rotatable bonds is 3. The molecule has 0 saturated heterocycles. The topological polar surface area (TPSA) is 41.4 Å². The predicted molar refractivity (Wildman–Crippen MR) is 63.7 cm³/mol. The maximum Gasteiger partial charge on any atom is 0.137 e. The molecule has 16 heavy (non-hydrogen) atoms. The lowest BCUT2D eigenvalue weighted by Crippen LogP contribution is -2.23. The Kier molecular flexibility index (Phi) is 2.20. The standard InChI is InChI=1S/C12H14N4/c1-2-11-13-6-5-12(15-11)16-7-10(14-8-16)9-3-4-9/h3,5-6,8,10H,2,4,7H2,1H3. The van der Waals surface area contributed by atoms with E-state index in [0.29, 0.717) is 6.04 Å². The highest BCUT2D eigenvalue weighted by atomic mass is 15.3. The van der Waals surface area contributed by atoms with E-state index in [4.69, 9.17) is 0 Å². The molecule has 0 N–H and O–H groups in total. The minimum atomic E-state index is 0.361. The molecule has 4 heteroatoms. The highest BCUT2D eigenvalue weighted by Crippen LogP contribution is 2.28. The van der Waals surface area contributed by atoms with Gasteiger partial charge in [0.05, 0.1) is 18.9 Å². The summed E-state index contributed by atoms with van der Waals surface area (Å²) in [5.74, 6) is 1.85. The van der Waals surface area contributed by atoms with Gasteiger partial charge in [0.25, 0.3) is 0 Å². The number of hydrogen-bond acceptors (Lipinski definition) is 4. The summed E-state index contributed by atoms with van der Waals surface area (Å²) in [6.07, 6.45) is 7.96. The zero-order valence-corrected chi connectivity index (χ0v) is 9.30. The largest absolute Gasteiger partial charge is 0.315 e. The Morgan fingerprint density at radius 1 is 1.50 bits per heavy atom. The van der Waals surface area contributed by atoms with Gasteiger partial charge in [-0.3, -0.25) is 4.99 Å². The summed E-state index contributed by atoms with van der Waals surface area (Å²) in [5, 5.41) is 0. The lowest BCUT2D eigenvalue weighted by atomic mass is 10.2. The Morgan fingerprint density at radius 2 is 2.38 bits per heavy atom. The molecule has 1 aromatic heterocycles. The molecular formula is C12H14N4. The molecule has 0 amide bonds. The van der Waals surface area contributed by atoms with E-state index in [0.717, 1.165) is 31.0 Å². The van der Waals surface area contributed by atoms with E-state index in [-0.39, 0.29) is 0 Å². The lowest BCUT2D eigenvalue weighted by Gasteiger charge is -2.14. The molecule has 1 atom stereocenters. The molecule has 0 bridgehead atoms. The molecule has 1 aromatic rings. The first-order valence-corrected chi connectivity index (χ1v) is 5.67. The van der Waals surface area contributed by atoms with E-state index >= 15 is 0 Å². The molecule has 0 saturated carbocycles. The molecule has 2 heterocycles. The van der Waals surface area contributed by atoms with Gasteiger partial charge in [0.15, 0.2) is 0 Å². The van der Waals surface area contributed by atoms with Gasteiger partial charge in [0.2, 0.25) is 0 Å². The number of aromatic nitrogens is 2. The van der Waals surface area contributed by atoms with Crippen LogP contribution in [0, 0.1) is 0 Å². The van der Waals surface area contributed by atoms with Crippen molar-refractivity contribution in [3.8, 4) is 0 Å². The van der Waals surface area contributed by atoms with Crippen LogP contribution in [0.4, 0.5) is 5.82 Å². The SMILES string of the molecule is CCc1nccc(N2C=NC(C3=CC3)C2)n1. The highest BCUT2D eigenvalue weighted by Gasteiger charge is 2.26. The van der Waals surface area contributed by atoms with Crippen LogP contribution in [0.25, 0.3) is 0 Å². The van der Waals surface area contributed by atoms with Gasteiger partial charge in [-0.15, -0.1) is 0 Å². The summed E-state index contributed by atoms with van der Waals surface area (Å²) < 4.78 is 0. The van der Waals surface area contributed by atoms with Crippen LogP contribution in [-0.2, 0) is 6.42 Å². The Labute approximate surface area is 94.7 Å². The number of hydrogen-bond donors (Lipinski definition) is 0. The van der Waals surface area contributed by atoms with E-state index in [9.17, 15) is 0 Å². The van der Waals surface area contributed by atoms with Crippen molar-refractivity contribution in [3.63, 3.8) is 0 Å². The zero-order valence-electron chi connectivity index (χ0n) is 9.30. The monoisotopic (exact) mass is 214 g/mol. The van der Waals surface area contributed by atoms with E-state index in [1.807, 2.05) is 18.6 Å². The summed E-state index contributed by atoms with van der Waals surface area (Å²) in [6.45, 7) is 2.99. The average Bonchev–Trinajstić information content (AvgIpc) is 3.07. The molecule has 4 nitrogen and oxygen atoms in total. The van der Waals surface area contributed by atoms with Crippen LogP contribution in [0.2, 0.25) is 0 Å². The number of aliphatic imine (C=N–C) groups is 1. The molecule has 0 fully saturated rings. The van der Waals surface area contributed by atoms with Crippen molar-refractivity contribution in [1.29, 1.82) is 0 Å². The van der Waals surface area contributed by atoms with Gasteiger partial charge >= 0.3 is 0 Å². The molecule has 2 aliphatic rings. The Hall–Kier alpha value is -1.71. The molecule has 1 unspecified atom stereocenters. The van der Waals surface area contributed by atoms with Crippen molar-refractivity contribution >= 4 is 12.2 Å². The van der Waals surface area contributed by atoms with Gasteiger partial charge in [0, 0.05) is 12.6 Å². The first-order chi connectivity index (χ1) is 7.86. The van der Waals surface area contributed by atoms with Crippen molar-refractivity contribution in [3.05, 3.63) is 29.7 Å². The molecule has 0 radical (unpaired) electrons. The summed E-state index contributed by atoms with van der Waals surface area (Å²) in [5.41, 5.74) is 1.46. The van der Waals surface area contributed by atoms with E-state index < -0.39 is 0 Å². The normalized spacial score (nSPS) is 22.4. The number of anilines is 1. The van der Waals surface area contributed by atoms with Crippen LogP contribution in [0.15, 0.2) is 28.9 Å². The third-order valence-corrected chi connectivity index (χ3v) is 2.92. The molecular weight excluding hydrogens is 200 g/mol. The summed E-state index contributed by atoms with van der Waals surface area (Å²) in [7, 11) is 0. The predicted octanol–water partition coefficient (Wildman–Crippen LogP) is 1.59. The second-order valence-corrected chi connectivity index (χ2v) is 4.10. The summed E-state index contributed by atoms with van der Waals surface area (Å²) >= 11 is 0. The van der Waals surface area contributed by atoms with Crippen LogP contribution >= 0.6 is 0 Å². The van der Waals surface area contributed by atoms with E-state index in [1.54, 1.807) is 0 Å². The second-order valence-electron chi connectivity index (χ2n) is 4.10. The molecule has 82 valence electrons. The molecule has 1 aliphatic heterocycles. The molecule has 1 aliphatic carbocycles. The average molecular weight is 214 g/mol. The second kappa shape index (κ2) is 3.70. The van der Waals surface area contributed by atoms with Crippen LogP contribution in [0.5, 0.6) is 0 Å². The fourth-order valence-electron chi connectivity index (χ4n) is 1.86. The van der Waals surface area contributed by atoms with Crippen molar-refractivity contribution < 1.29 is 0 Å². The lowest BCUT2D eigenvalue weighted by molar-refractivity contribution is 0.827. The smallest absolute Gasteiger partial charge is 0.137 e. The molecule has 0 aromatic carbocycles. The molecule has 3 rings (SSSR count). The Morgan fingerprint density at radius 3 is 3.12 bits per heavy atom. The van der Waals surface area contributed by atoms with Gasteiger partial charge in [-0.05, 0) is 18.1 Å². The maximum absolute atomic E-state index is 4.49. The fourth-order valence-corrected chi connectivity index (χ4v) is 1.86. The highest BCUT2D eigenvalue weighted by molar-refractivity contribution is 5.80. The fraction of sp³-hybridized carbons (Fsp3) is 0.417. The van der Waals surface area contributed by atoms with E-state index in [2.05, 4.69) is 32.9 Å². The quantitative estimate of drug-likeness (QED) is 0.717. The van der Waals surface area contributed by atoms with Crippen molar-refractivity contribution in [2.45, 2.75) is 25.8 Å². The number of allylic oxidation sites excluding steroid dienone is 1. The third kappa shape index (κ3) is 1.71. The van der Waals surface area contributed by atoms with Gasteiger partial charge in [-0.25, -0.2) is 9.97 Å². The van der Waals surface area contributed by atoms with Crippen LogP contribution < -0.4 is 4.90 Å². The maximum atomic E-state index is 4.49. The molecule has 0 spiro atoms. The van der Waals surface area contributed by atoms with Crippen LogP contribution in [0.1, 0.15) is 19.2 Å². The summed E-state index contributed by atoms with van der Waals surface area (Å²) in [6, 6.07) is 2.30. The van der Waals surface area contributed by atoms with Crippen molar-refractivity contribution in [2.75, 3.05) is 11.4 Å². The van der Waals surface area contributed by atoms with Crippen molar-refractivity contribution in [1.82, 2.24) is 9.97 Å².